The van der Waals surface area contributed by atoms with Gasteiger partial charge in [-0.2, -0.15) is 5.26 Å². The normalized spacial score (nSPS) is 27.4. The van der Waals surface area contributed by atoms with E-state index in [0.717, 1.165) is 18.9 Å². The van der Waals surface area contributed by atoms with E-state index in [4.69, 9.17) is 23.2 Å². The molecule has 1 heterocycles. The molecule has 2 aromatic rings. The van der Waals surface area contributed by atoms with Gasteiger partial charge in [0.15, 0.2) is 0 Å². The lowest BCUT2D eigenvalue weighted by Crippen LogP contribution is -2.45. The van der Waals surface area contributed by atoms with Crippen molar-refractivity contribution in [2.45, 2.75) is 56.5 Å². The number of carboxylic acids is 1. The molecule has 1 saturated heterocycles. The zero-order valence-electron chi connectivity index (χ0n) is 18.2. The van der Waals surface area contributed by atoms with Crippen LogP contribution in [0.2, 0.25) is 10.0 Å². The van der Waals surface area contributed by atoms with Crippen LogP contribution >= 0.6 is 23.2 Å². The molecule has 0 bridgehead atoms. The van der Waals surface area contributed by atoms with Gasteiger partial charge in [-0.3, -0.25) is 10.1 Å². The molecular formula is C25H24Cl2F2N2O2. The average molecular weight is 493 g/mol. The standard InChI is InChI=1S/C25H24Cl2F2N2O2/c1-24(2,13-6-7-13)11-19-25(12-30,16-9-8-14(26)10-18(16)28)20(22(31-19)23(32)33)15-4-3-5-17(27)21(15)29/h3-5,8-10,13,19-20,22,31H,6-7,11H2,1-2H3,(H,32,33)/t19-,20-,22+,25-/m0/s1. The van der Waals surface area contributed by atoms with Gasteiger partial charge in [0.05, 0.1) is 11.1 Å². The quantitative estimate of drug-likeness (QED) is 0.513. The summed E-state index contributed by atoms with van der Waals surface area (Å²) in [5.41, 5.74) is -1.99. The fraction of sp³-hybridized carbons (Fsp3) is 0.440. The van der Waals surface area contributed by atoms with Crippen LogP contribution in [0.1, 0.15) is 50.2 Å². The first kappa shape index (κ1) is 23.9. The maximum atomic E-state index is 15.4. The Hall–Kier alpha value is -2.20. The second-order valence-corrected chi connectivity index (χ2v) is 10.6. The molecule has 1 saturated carbocycles. The van der Waals surface area contributed by atoms with Crippen molar-refractivity contribution in [2.24, 2.45) is 11.3 Å². The van der Waals surface area contributed by atoms with Gasteiger partial charge in [-0.1, -0.05) is 55.2 Å². The Kier molecular flexibility index (Phi) is 6.20. The fourth-order valence-corrected chi connectivity index (χ4v) is 5.83. The van der Waals surface area contributed by atoms with Crippen LogP contribution in [0.4, 0.5) is 8.78 Å². The number of hydrogen-bond acceptors (Lipinski definition) is 3. The molecule has 0 spiro atoms. The Labute approximate surface area is 201 Å². The van der Waals surface area contributed by atoms with E-state index in [9.17, 15) is 15.2 Å². The van der Waals surface area contributed by atoms with Crippen LogP contribution in [0.15, 0.2) is 36.4 Å². The van der Waals surface area contributed by atoms with Crippen LogP contribution in [0.25, 0.3) is 0 Å². The van der Waals surface area contributed by atoms with E-state index in [2.05, 4.69) is 25.2 Å². The summed E-state index contributed by atoms with van der Waals surface area (Å²) >= 11 is 12.0. The third kappa shape index (κ3) is 4.01. The van der Waals surface area contributed by atoms with Gasteiger partial charge in [-0.05, 0) is 54.4 Å². The first-order valence-corrected chi connectivity index (χ1v) is 11.6. The van der Waals surface area contributed by atoms with Crippen molar-refractivity contribution in [3.8, 4) is 6.07 Å². The highest BCUT2D eigenvalue weighted by molar-refractivity contribution is 6.31. The van der Waals surface area contributed by atoms with E-state index in [-0.39, 0.29) is 26.6 Å². The zero-order chi connectivity index (χ0) is 24.1. The SMILES string of the molecule is CC(C)(C[C@@H]1N[C@@H](C(=O)O)[C@H](c2cccc(Cl)c2F)[C@@]1(C#N)c1ccc(Cl)cc1F)C1CC1. The van der Waals surface area contributed by atoms with Gasteiger partial charge in [-0.25, -0.2) is 8.78 Å². The molecule has 174 valence electrons. The maximum absolute atomic E-state index is 15.4. The summed E-state index contributed by atoms with van der Waals surface area (Å²) < 4.78 is 30.7. The van der Waals surface area contributed by atoms with Crippen molar-refractivity contribution in [3.63, 3.8) is 0 Å². The van der Waals surface area contributed by atoms with Crippen LogP contribution in [0, 0.1) is 34.3 Å². The van der Waals surface area contributed by atoms with E-state index in [0.29, 0.717) is 12.3 Å². The minimum Gasteiger partial charge on any atom is -0.480 e. The van der Waals surface area contributed by atoms with E-state index >= 15 is 8.78 Å². The highest BCUT2D eigenvalue weighted by Crippen LogP contribution is 2.55. The number of aliphatic carboxylic acids is 1. The molecule has 0 unspecified atom stereocenters. The number of nitrogens with one attached hydrogen (secondary N) is 1. The lowest BCUT2D eigenvalue weighted by Gasteiger charge is -2.38. The van der Waals surface area contributed by atoms with Crippen LogP contribution in [0.3, 0.4) is 0 Å². The Morgan fingerprint density at radius 1 is 1.27 bits per heavy atom. The number of benzene rings is 2. The van der Waals surface area contributed by atoms with Gasteiger partial charge in [0, 0.05) is 22.5 Å². The molecule has 4 nitrogen and oxygen atoms in total. The highest BCUT2D eigenvalue weighted by Gasteiger charge is 2.62. The van der Waals surface area contributed by atoms with Gasteiger partial charge < -0.3 is 5.11 Å². The molecule has 2 N–H and O–H groups in total. The molecule has 8 heteroatoms. The van der Waals surface area contributed by atoms with E-state index < -0.39 is 41.0 Å². The monoisotopic (exact) mass is 492 g/mol. The number of halogens is 4. The fourth-order valence-electron chi connectivity index (χ4n) is 5.49. The van der Waals surface area contributed by atoms with Crippen LogP contribution in [-0.2, 0) is 10.2 Å². The molecule has 1 aliphatic heterocycles. The van der Waals surface area contributed by atoms with Gasteiger partial charge in [-0.15, -0.1) is 0 Å². The number of nitriles is 1. The Morgan fingerprint density at radius 2 is 1.97 bits per heavy atom. The molecule has 0 aromatic heterocycles. The van der Waals surface area contributed by atoms with Gasteiger partial charge in [0.2, 0.25) is 0 Å². The van der Waals surface area contributed by atoms with Crippen molar-refractivity contribution in [1.29, 1.82) is 5.26 Å². The maximum Gasteiger partial charge on any atom is 0.321 e. The molecule has 4 rings (SSSR count). The second-order valence-electron chi connectivity index (χ2n) is 9.73. The third-order valence-corrected chi connectivity index (χ3v) is 7.84. The minimum atomic E-state index is -1.71. The summed E-state index contributed by atoms with van der Waals surface area (Å²) in [6, 6.07) is 8.39. The lowest BCUT2D eigenvalue weighted by molar-refractivity contribution is -0.139. The average Bonchev–Trinajstić information content (AvgIpc) is 3.55. The zero-order valence-corrected chi connectivity index (χ0v) is 19.7. The molecule has 1 aliphatic carbocycles. The second kappa shape index (κ2) is 8.54. The van der Waals surface area contributed by atoms with Crippen LogP contribution in [0.5, 0.6) is 0 Å². The largest absolute Gasteiger partial charge is 0.480 e. The minimum absolute atomic E-state index is 0.00776. The first-order valence-electron chi connectivity index (χ1n) is 10.8. The Balaban J connectivity index is 1.99. The summed E-state index contributed by atoms with van der Waals surface area (Å²) in [4.78, 5) is 12.4. The molecule has 0 radical (unpaired) electrons. The molecule has 0 amide bonds. The summed E-state index contributed by atoms with van der Waals surface area (Å²) in [5.74, 6) is -3.60. The van der Waals surface area contributed by atoms with Crippen LogP contribution in [-0.4, -0.2) is 23.2 Å². The van der Waals surface area contributed by atoms with Crippen molar-refractivity contribution >= 4 is 29.2 Å². The number of rotatable bonds is 6. The number of nitrogens with zero attached hydrogens (tertiary/aromatic N) is 1. The predicted molar refractivity (Wildman–Crippen MR) is 122 cm³/mol. The predicted octanol–water partition coefficient (Wildman–Crippen LogP) is 6.07. The van der Waals surface area contributed by atoms with Gasteiger partial charge >= 0.3 is 5.97 Å². The Bertz CT molecular complexity index is 1150. The van der Waals surface area contributed by atoms with Crippen molar-refractivity contribution in [3.05, 3.63) is 69.2 Å². The first-order chi connectivity index (χ1) is 15.5. The topological polar surface area (TPSA) is 73.1 Å². The summed E-state index contributed by atoms with van der Waals surface area (Å²) in [6.45, 7) is 4.13. The van der Waals surface area contributed by atoms with Gasteiger partial charge in [0.1, 0.15) is 23.1 Å². The Morgan fingerprint density at radius 3 is 2.55 bits per heavy atom. The summed E-state index contributed by atoms with van der Waals surface area (Å²) in [6.07, 6.45) is 2.50. The number of carbonyl (C=O) groups is 1. The number of hydrogen-bond donors (Lipinski definition) is 2. The van der Waals surface area contributed by atoms with Crippen LogP contribution < -0.4 is 5.32 Å². The van der Waals surface area contributed by atoms with E-state index in [1.165, 1.54) is 30.3 Å². The summed E-state index contributed by atoms with van der Waals surface area (Å²) in [5, 5.41) is 23.8. The molecule has 33 heavy (non-hydrogen) atoms. The molecule has 4 atom stereocenters. The molecule has 2 fully saturated rings. The highest BCUT2D eigenvalue weighted by atomic mass is 35.5. The van der Waals surface area contributed by atoms with Crippen molar-refractivity contribution in [1.82, 2.24) is 5.32 Å². The molecular weight excluding hydrogens is 469 g/mol. The van der Waals surface area contributed by atoms with Crippen molar-refractivity contribution in [2.75, 3.05) is 0 Å². The van der Waals surface area contributed by atoms with E-state index in [1.807, 2.05) is 0 Å². The third-order valence-electron chi connectivity index (χ3n) is 7.31. The molecule has 2 aromatic carbocycles. The summed E-state index contributed by atoms with van der Waals surface area (Å²) in [7, 11) is 0. The molecule has 2 aliphatic rings. The lowest BCUT2D eigenvalue weighted by atomic mass is 9.62. The van der Waals surface area contributed by atoms with E-state index in [1.54, 1.807) is 0 Å². The smallest absolute Gasteiger partial charge is 0.321 e. The number of carboxylic acid groups (broad SMARTS) is 1. The van der Waals surface area contributed by atoms with Crippen molar-refractivity contribution < 1.29 is 18.7 Å². The van der Waals surface area contributed by atoms with Gasteiger partial charge in [0.25, 0.3) is 0 Å².